The molecule has 0 amide bonds. The summed E-state index contributed by atoms with van der Waals surface area (Å²) in [5.74, 6) is 2.37. The number of nitrogens with one attached hydrogen (secondary N) is 1. The summed E-state index contributed by atoms with van der Waals surface area (Å²) in [5, 5.41) is 3.48. The largest absolute Gasteiger partial charge is 0.493 e. The molecule has 0 atom stereocenters. The first-order valence-electron chi connectivity index (χ1n) is 9.32. The lowest BCUT2D eigenvalue weighted by Gasteiger charge is -2.11. The van der Waals surface area contributed by atoms with Crippen LogP contribution in [0.4, 0.5) is 0 Å². The predicted molar refractivity (Wildman–Crippen MR) is 110 cm³/mol. The van der Waals surface area contributed by atoms with Crippen molar-refractivity contribution in [3.8, 4) is 17.2 Å². The van der Waals surface area contributed by atoms with Gasteiger partial charge in [0.25, 0.3) is 0 Å². The second kappa shape index (κ2) is 10.3. The van der Waals surface area contributed by atoms with Gasteiger partial charge in [-0.1, -0.05) is 24.3 Å². The highest BCUT2D eigenvalue weighted by Crippen LogP contribution is 2.27. The summed E-state index contributed by atoms with van der Waals surface area (Å²) in [6, 6.07) is 20.0. The van der Waals surface area contributed by atoms with Gasteiger partial charge >= 0.3 is 0 Å². The molecule has 2 aromatic carbocycles. The number of aromatic nitrogens is 1. The van der Waals surface area contributed by atoms with Crippen molar-refractivity contribution in [3.05, 3.63) is 83.7 Å². The number of rotatable bonds is 10. The number of pyridine rings is 1. The first-order valence-corrected chi connectivity index (χ1v) is 9.32. The van der Waals surface area contributed by atoms with Crippen molar-refractivity contribution in [3.63, 3.8) is 0 Å². The predicted octanol–water partition coefficient (Wildman–Crippen LogP) is 4.01. The molecule has 146 valence electrons. The molecule has 3 aromatic rings. The quantitative estimate of drug-likeness (QED) is 0.540. The van der Waals surface area contributed by atoms with E-state index in [4.69, 9.17) is 14.2 Å². The van der Waals surface area contributed by atoms with Crippen LogP contribution in [-0.2, 0) is 19.6 Å². The maximum Gasteiger partial charge on any atom is 0.160 e. The van der Waals surface area contributed by atoms with E-state index in [1.807, 2.05) is 42.5 Å². The Bertz CT molecular complexity index is 869. The van der Waals surface area contributed by atoms with Crippen molar-refractivity contribution in [1.29, 1.82) is 0 Å². The third-order valence-electron chi connectivity index (χ3n) is 4.38. The SMILES string of the molecule is COc1ccc(CCNCc2cccc(OCc3ccccn3)c2)cc1OC. The van der Waals surface area contributed by atoms with E-state index in [-0.39, 0.29) is 0 Å². The number of nitrogens with zero attached hydrogens (tertiary/aromatic N) is 1. The van der Waals surface area contributed by atoms with E-state index in [1.54, 1.807) is 20.4 Å². The molecule has 0 saturated heterocycles. The van der Waals surface area contributed by atoms with Gasteiger partial charge in [-0.15, -0.1) is 0 Å². The number of hydrogen-bond acceptors (Lipinski definition) is 5. The molecule has 0 aliphatic rings. The number of ether oxygens (including phenoxy) is 3. The zero-order valence-corrected chi connectivity index (χ0v) is 16.4. The molecule has 3 rings (SSSR count). The average molecular weight is 378 g/mol. The lowest BCUT2D eigenvalue weighted by Crippen LogP contribution is -2.16. The average Bonchev–Trinajstić information content (AvgIpc) is 2.76. The highest BCUT2D eigenvalue weighted by atomic mass is 16.5. The molecular weight excluding hydrogens is 352 g/mol. The van der Waals surface area contributed by atoms with Gasteiger partial charge in [0.05, 0.1) is 19.9 Å². The van der Waals surface area contributed by atoms with E-state index in [2.05, 4.69) is 28.5 Å². The number of benzene rings is 2. The topological polar surface area (TPSA) is 52.6 Å². The lowest BCUT2D eigenvalue weighted by molar-refractivity contribution is 0.301. The van der Waals surface area contributed by atoms with Gasteiger partial charge in [-0.2, -0.15) is 0 Å². The minimum atomic E-state index is 0.469. The molecule has 0 unspecified atom stereocenters. The van der Waals surface area contributed by atoms with Crippen LogP contribution in [0.1, 0.15) is 16.8 Å². The Morgan fingerprint density at radius 1 is 0.857 bits per heavy atom. The van der Waals surface area contributed by atoms with Crippen LogP contribution in [0.2, 0.25) is 0 Å². The first-order chi connectivity index (χ1) is 13.8. The molecule has 0 bridgehead atoms. The van der Waals surface area contributed by atoms with E-state index in [0.717, 1.165) is 42.5 Å². The second-order valence-electron chi connectivity index (χ2n) is 6.37. The molecule has 0 aliphatic carbocycles. The van der Waals surface area contributed by atoms with Crippen LogP contribution in [0.25, 0.3) is 0 Å². The van der Waals surface area contributed by atoms with Gasteiger partial charge in [-0.05, 0) is 60.5 Å². The van der Waals surface area contributed by atoms with Crippen molar-refractivity contribution in [2.24, 2.45) is 0 Å². The van der Waals surface area contributed by atoms with Crippen LogP contribution in [0.5, 0.6) is 17.2 Å². The van der Waals surface area contributed by atoms with E-state index in [9.17, 15) is 0 Å². The van der Waals surface area contributed by atoms with Gasteiger partial charge in [0.15, 0.2) is 11.5 Å². The smallest absolute Gasteiger partial charge is 0.160 e. The summed E-state index contributed by atoms with van der Waals surface area (Å²) >= 11 is 0. The minimum absolute atomic E-state index is 0.469. The molecule has 5 nitrogen and oxygen atoms in total. The summed E-state index contributed by atoms with van der Waals surface area (Å²) in [4.78, 5) is 4.27. The first kappa shape index (κ1) is 19.7. The maximum absolute atomic E-state index is 5.84. The summed E-state index contributed by atoms with van der Waals surface area (Å²) in [6.07, 6.45) is 2.69. The Hall–Kier alpha value is -3.05. The van der Waals surface area contributed by atoms with Gasteiger partial charge < -0.3 is 19.5 Å². The van der Waals surface area contributed by atoms with E-state index < -0.39 is 0 Å². The van der Waals surface area contributed by atoms with Crippen molar-refractivity contribution in [2.75, 3.05) is 20.8 Å². The molecule has 0 radical (unpaired) electrons. The molecule has 5 heteroatoms. The van der Waals surface area contributed by atoms with Gasteiger partial charge in [-0.25, -0.2) is 0 Å². The summed E-state index contributed by atoms with van der Waals surface area (Å²) in [5.41, 5.74) is 3.31. The lowest BCUT2D eigenvalue weighted by atomic mass is 10.1. The Morgan fingerprint density at radius 3 is 2.54 bits per heavy atom. The van der Waals surface area contributed by atoms with Crippen LogP contribution in [-0.4, -0.2) is 25.7 Å². The van der Waals surface area contributed by atoms with Crippen molar-refractivity contribution >= 4 is 0 Å². The van der Waals surface area contributed by atoms with Gasteiger partial charge in [0, 0.05) is 12.7 Å². The fraction of sp³-hybridized carbons (Fsp3) is 0.261. The third-order valence-corrected chi connectivity index (χ3v) is 4.38. The van der Waals surface area contributed by atoms with Crippen LogP contribution >= 0.6 is 0 Å². The van der Waals surface area contributed by atoms with E-state index in [0.29, 0.717) is 6.61 Å². The Morgan fingerprint density at radius 2 is 1.75 bits per heavy atom. The van der Waals surface area contributed by atoms with Crippen LogP contribution in [0.15, 0.2) is 66.9 Å². The van der Waals surface area contributed by atoms with E-state index >= 15 is 0 Å². The highest BCUT2D eigenvalue weighted by molar-refractivity contribution is 5.43. The van der Waals surface area contributed by atoms with Crippen LogP contribution in [0, 0.1) is 0 Å². The molecule has 1 aromatic heterocycles. The highest BCUT2D eigenvalue weighted by Gasteiger charge is 2.04. The van der Waals surface area contributed by atoms with Crippen molar-refractivity contribution < 1.29 is 14.2 Å². The Kier molecular flexibility index (Phi) is 7.27. The minimum Gasteiger partial charge on any atom is -0.493 e. The molecule has 0 fully saturated rings. The van der Waals surface area contributed by atoms with Gasteiger partial charge in [0.1, 0.15) is 12.4 Å². The molecular formula is C23H26N2O3. The Balaban J connectivity index is 1.46. The number of methoxy groups -OCH3 is 2. The molecule has 0 aliphatic heterocycles. The zero-order chi connectivity index (χ0) is 19.6. The third kappa shape index (κ3) is 5.72. The molecule has 1 heterocycles. The Labute approximate surface area is 166 Å². The normalized spacial score (nSPS) is 10.5. The fourth-order valence-corrected chi connectivity index (χ4v) is 2.89. The van der Waals surface area contributed by atoms with E-state index in [1.165, 1.54) is 11.1 Å². The van der Waals surface area contributed by atoms with Crippen LogP contribution < -0.4 is 19.5 Å². The molecule has 0 spiro atoms. The van der Waals surface area contributed by atoms with Gasteiger partial charge in [-0.3, -0.25) is 4.98 Å². The zero-order valence-electron chi connectivity index (χ0n) is 16.4. The second-order valence-corrected chi connectivity index (χ2v) is 6.37. The standard InChI is InChI=1S/C23H26N2O3/c1-26-22-10-9-18(15-23(22)27-2)11-13-24-16-19-6-5-8-21(14-19)28-17-20-7-3-4-12-25-20/h3-10,12,14-15,24H,11,13,16-17H2,1-2H3. The molecule has 1 N–H and O–H groups in total. The summed E-state index contributed by atoms with van der Waals surface area (Å²) < 4.78 is 16.5. The van der Waals surface area contributed by atoms with Crippen molar-refractivity contribution in [2.45, 2.75) is 19.6 Å². The number of hydrogen-bond donors (Lipinski definition) is 1. The monoisotopic (exact) mass is 378 g/mol. The van der Waals surface area contributed by atoms with Crippen LogP contribution in [0.3, 0.4) is 0 Å². The fourth-order valence-electron chi connectivity index (χ4n) is 2.89. The van der Waals surface area contributed by atoms with Gasteiger partial charge in [0.2, 0.25) is 0 Å². The molecule has 0 saturated carbocycles. The molecule has 28 heavy (non-hydrogen) atoms. The summed E-state index contributed by atoms with van der Waals surface area (Å²) in [6.45, 7) is 2.12. The maximum atomic E-state index is 5.84. The van der Waals surface area contributed by atoms with Crippen molar-refractivity contribution in [1.82, 2.24) is 10.3 Å². The summed E-state index contributed by atoms with van der Waals surface area (Å²) in [7, 11) is 3.30.